The van der Waals surface area contributed by atoms with E-state index in [1.807, 2.05) is 13.8 Å². The first-order chi connectivity index (χ1) is 7.78. The second-order valence-corrected chi connectivity index (χ2v) is 5.13. The van der Waals surface area contributed by atoms with Crippen LogP contribution in [0, 0.1) is 5.92 Å². The molecule has 0 saturated carbocycles. The Morgan fingerprint density at radius 1 is 1.53 bits per heavy atom. The van der Waals surface area contributed by atoms with E-state index in [-0.39, 0.29) is 30.8 Å². The Hall–Kier alpha value is -0.650. The Kier molecular flexibility index (Phi) is 7.34. The molecule has 0 rings (SSSR count). The van der Waals surface area contributed by atoms with Gasteiger partial charge in [-0.05, 0) is 12.8 Å². The van der Waals surface area contributed by atoms with Gasteiger partial charge in [-0.25, -0.2) is 0 Å². The van der Waals surface area contributed by atoms with Crippen LogP contribution in [0.2, 0.25) is 0 Å². The van der Waals surface area contributed by atoms with Crippen molar-refractivity contribution < 1.29 is 14.6 Å². The van der Waals surface area contributed by atoms with E-state index in [4.69, 9.17) is 10.5 Å². The van der Waals surface area contributed by atoms with E-state index >= 15 is 0 Å². The van der Waals surface area contributed by atoms with E-state index in [2.05, 4.69) is 5.32 Å². The normalized spacial score (nSPS) is 16.6. The molecule has 5 nitrogen and oxygen atoms in total. The fraction of sp³-hybridized carbons (Fsp3) is 0.917. The molecule has 0 aliphatic heterocycles. The molecule has 2 unspecified atom stereocenters. The zero-order valence-electron chi connectivity index (χ0n) is 11.3. The summed E-state index contributed by atoms with van der Waals surface area (Å²) in [4.78, 5) is 11.5. The molecule has 0 bridgehead atoms. The summed E-state index contributed by atoms with van der Waals surface area (Å²) in [6.45, 7) is 6.32. The fourth-order valence-corrected chi connectivity index (χ4v) is 1.22. The summed E-state index contributed by atoms with van der Waals surface area (Å²) in [5, 5.41) is 12.6. The number of nitrogens with two attached hydrogens (primary N) is 1. The molecule has 0 aliphatic carbocycles. The smallest absolute Gasteiger partial charge is 0.221 e. The Bertz CT molecular complexity index is 230. The number of hydrogen-bond donors (Lipinski definition) is 3. The third-order valence-electron chi connectivity index (χ3n) is 2.79. The molecule has 0 aromatic rings. The number of ether oxygens (including phenoxy) is 1. The first kappa shape index (κ1) is 16.4. The van der Waals surface area contributed by atoms with Crippen molar-refractivity contribution in [2.24, 2.45) is 11.7 Å². The monoisotopic (exact) mass is 246 g/mol. The van der Waals surface area contributed by atoms with Crippen LogP contribution in [-0.4, -0.2) is 42.9 Å². The molecular weight excluding hydrogens is 220 g/mol. The van der Waals surface area contributed by atoms with Crippen LogP contribution in [0.3, 0.4) is 0 Å². The van der Waals surface area contributed by atoms with Crippen LogP contribution < -0.4 is 11.1 Å². The SMILES string of the molecule is COCCC(C)(O)CNC(=O)CC(N)C(C)C. The summed E-state index contributed by atoms with van der Waals surface area (Å²) in [6.07, 6.45) is 0.776. The quantitative estimate of drug-likeness (QED) is 0.573. The van der Waals surface area contributed by atoms with Gasteiger partial charge < -0.3 is 20.9 Å². The molecule has 0 fully saturated rings. The minimum atomic E-state index is -0.937. The number of aliphatic hydroxyl groups is 1. The highest BCUT2D eigenvalue weighted by molar-refractivity contribution is 5.76. The third kappa shape index (κ3) is 8.12. The lowest BCUT2D eigenvalue weighted by Crippen LogP contribution is -2.43. The molecule has 0 radical (unpaired) electrons. The van der Waals surface area contributed by atoms with Crippen LogP contribution >= 0.6 is 0 Å². The molecule has 5 heteroatoms. The van der Waals surface area contributed by atoms with Gasteiger partial charge in [0.2, 0.25) is 5.91 Å². The number of carbonyl (C=O) groups is 1. The molecule has 17 heavy (non-hydrogen) atoms. The van der Waals surface area contributed by atoms with Gasteiger partial charge in [0.15, 0.2) is 0 Å². The van der Waals surface area contributed by atoms with Gasteiger partial charge in [0.1, 0.15) is 0 Å². The number of hydrogen-bond acceptors (Lipinski definition) is 4. The second-order valence-electron chi connectivity index (χ2n) is 5.13. The summed E-state index contributed by atoms with van der Waals surface area (Å²) in [6, 6.07) is -0.140. The molecule has 1 amide bonds. The van der Waals surface area contributed by atoms with Gasteiger partial charge in [-0.3, -0.25) is 4.79 Å². The van der Waals surface area contributed by atoms with Crippen LogP contribution in [0.15, 0.2) is 0 Å². The van der Waals surface area contributed by atoms with Crippen LogP contribution in [-0.2, 0) is 9.53 Å². The number of rotatable bonds is 8. The predicted molar refractivity (Wildman–Crippen MR) is 67.6 cm³/mol. The zero-order chi connectivity index (χ0) is 13.5. The Labute approximate surface area is 104 Å². The van der Waals surface area contributed by atoms with E-state index in [1.165, 1.54) is 0 Å². The summed E-state index contributed by atoms with van der Waals surface area (Å²) in [5.41, 5.74) is 4.86. The average molecular weight is 246 g/mol. The highest BCUT2D eigenvalue weighted by Crippen LogP contribution is 2.08. The number of carbonyl (C=O) groups excluding carboxylic acids is 1. The average Bonchev–Trinajstić information content (AvgIpc) is 2.24. The highest BCUT2D eigenvalue weighted by atomic mass is 16.5. The molecular formula is C12H26N2O3. The molecule has 0 aromatic carbocycles. The molecule has 0 saturated heterocycles. The molecule has 0 heterocycles. The van der Waals surface area contributed by atoms with Gasteiger partial charge in [-0.2, -0.15) is 0 Å². The summed E-state index contributed by atoms with van der Waals surface area (Å²) in [7, 11) is 1.58. The zero-order valence-corrected chi connectivity index (χ0v) is 11.3. The van der Waals surface area contributed by atoms with Crippen LogP contribution in [0.1, 0.15) is 33.6 Å². The molecule has 0 aliphatic rings. The van der Waals surface area contributed by atoms with Crippen molar-refractivity contribution in [3.05, 3.63) is 0 Å². The third-order valence-corrected chi connectivity index (χ3v) is 2.79. The van der Waals surface area contributed by atoms with Gasteiger partial charge >= 0.3 is 0 Å². The standard InChI is InChI=1S/C12H26N2O3/c1-9(2)10(13)7-11(15)14-8-12(3,16)5-6-17-4/h9-10,16H,5-8,13H2,1-4H3,(H,14,15). The van der Waals surface area contributed by atoms with Gasteiger partial charge in [-0.15, -0.1) is 0 Å². The summed E-state index contributed by atoms with van der Waals surface area (Å²) >= 11 is 0. The maximum atomic E-state index is 11.5. The molecule has 0 aromatic heterocycles. The summed E-state index contributed by atoms with van der Waals surface area (Å²) < 4.78 is 4.89. The van der Waals surface area contributed by atoms with Crippen LogP contribution in [0.4, 0.5) is 0 Å². The number of amides is 1. The number of methoxy groups -OCH3 is 1. The van der Waals surface area contributed by atoms with E-state index < -0.39 is 5.60 Å². The minimum Gasteiger partial charge on any atom is -0.388 e. The van der Waals surface area contributed by atoms with Crippen molar-refractivity contribution in [1.82, 2.24) is 5.32 Å². The molecule has 2 atom stereocenters. The van der Waals surface area contributed by atoms with Crippen molar-refractivity contribution >= 4 is 5.91 Å². The predicted octanol–water partition coefficient (Wildman–Crippen LogP) is 0.264. The van der Waals surface area contributed by atoms with Crippen molar-refractivity contribution in [1.29, 1.82) is 0 Å². The van der Waals surface area contributed by atoms with Gasteiger partial charge in [-0.1, -0.05) is 13.8 Å². The maximum absolute atomic E-state index is 11.5. The van der Waals surface area contributed by atoms with Crippen molar-refractivity contribution in [2.45, 2.75) is 45.3 Å². The molecule has 102 valence electrons. The lowest BCUT2D eigenvalue weighted by atomic mass is 10.0. The molecule has 4 N–H and O–H groups in total. The van der Waals surface area contributed by atoms with Crippen LogP contribution in [0.25, 0.3) is 0 Å². The van der Waals surface area contributed by atoms with Gasteiger partial charge in [0.25, 0.3) is 0 Å². The Morgan fingerprint density at radius 2 is 2.12 bits per heavy atom. The topological polar surface area (TPSA) is 84.6 Å². The number of nitrogens with one attached hydrogen (secondary N) is 1. The largest absolute Gasteiger partial charge is 0.388 e. The maximum Gasteiger partial charge on any atom is 0.221 e. The van der Waals surface area contributed by atoms with Gasteiger partial charge in [0.05, 0.1) is 5.60 Å². The first-order valence-corrected chi connectivity index (χ1v) is 6.02. The van der Waals surface area contributed by atoms with E-state index in [0.29, 0.717) is 13.0 Å². The summed E-state index contributed by atoms with van der Waals surface area (Å²) in [5.74, 6) is 0.152. The van der Waals surface area contributed by atoms with Crippen LogP contribution in [0.5, 0.6) is 0 Å². The lowest BCUT2D eigenvalue weighted by Gasteiger charge is -2.24. The molecule has 0 spiro atoms. The van der Waals surface area contributed by atoms with Crippen molar-refractivity contribution in [2.75, 3.05) is 20.3 Å². The van der Waals surface area contributed by atoms with Gasteiger partial charge in [0, 0.05) is 39.1 Å². The lowest BCUT2D eigenvalue weighted by molar-refractivity contribution is -0.122. The van der Waals surface area contributed by atoms with E-state index in [1.54, 1.807) is 14.0 Å². The van der Waals surface area contributed by atoms with Crippen molar-refractivity contribution in [3.63, 3.8) is 0 Å². The van der Waals surface area contributed by atoms with E-state index in [9.17, 15) is 9.90 Å². The Balaban J connectivity index is 3.90. The Morgan fingerprint density at radius 3 is 2.59 bits per heavy atom. The fourth-order valence-electron chi connectivity index (χ4n) is 1.22. The van der Waals surface area contributed by atoms with E-state index in [0.717, 1.165) is 0 Å². The first-order valence-electron chi connectivity index (χ1n) is 6.02. The second kappa shape index (κ2) is 7.63. The highest BCUT2D eigenvalue weighted by Gasteiger charge is 2.21. The van der Waals surface area contributed by atoms with Crippen molar-refractivity contribution in [3.8, 4) is 0 Å². The minimum absolute atomic E-state index is 0.121.